The highest BCUT2D eigenvalue weighted by atomic mass is 35.5. The molecule has 0 radical (unpaired) electrons. The number of nitrogens with zero attached hydrogens (tertiary/aromatic N) is 3. The standard InChI is InChI=1S/C15H21NO4.C11H5Cl2N3OS/c1-10-7-6-8-11(2)14(10)16(13(17)9-19-4)12(3)15(18)20-5;12-8-9(18-16-10(8)13)11(17)15-7-4-2-1-3-6(7)5-14/h6-8,12H,9H2,1-5H3;1-4H,(H,15,17)/t12-;/m1./s1. The number of hydrogen-bond acceptors (Lipinski definition) is 8. The first kappa shape index (κ1) is 30.7. The van der Waals surface area contributed by atoms with Gasteiger partial charge in [0, 0.05) is 7.11 Å². The van der Waals surface area contributed by atoms with Gasteiger partial charge in [0.15, 0.2) is 5.15 Å². The molecule has 1 N–H and O–H groups in total. The zero-order valence-electron chi connectivity index (χ0n) is 21.4. The van der Waals surface area contributed by atoms with E-state index in [9.17, 15) is 14.4 Å². The number of methoxy groups -OCH3 is 2. The SMILES string of the molecule is COCC(=O)N(c1c(C)cccc1C)[C@H](C)C(=O)OC.N#Cc1ccccc1NC(=O)c1snc(Cl)c1Cl. The molecule has 1 atom stereocenters. The summed E-state index contributed by atoms with van der Waals surface area (Å²) in [6.07, 6.45) is 0. The van der Waals surface area contributed by atoms with E-state index in [1.807, 2.05) is 38.1 Å². The minimum atomic E-state index is -0.706. The summed E-state index contributed by atoms with van der Waals surface area (Å²) >= 11 is 12.4. The lowest BCUT2D eigenvalue weighted by Gasteiger charge is -2.30. The quantitative estimate of drug-likeness (QED) is 0.372. The molecule has 1 heterocycles. The minimum absolute atomic E-state index is 0.0882. The molecule has 0 aliphatic carbocycles. The van der Waals surface area contributed by atoms with Crippen LogP contribution in [0.25, 0.3) is 0 Å². The number of hydrogen-bond donors (Lipinski definition) is 1. The van der Waals surface area contributed by atoms with Gasteiger partial charge in [-0.2, -0.15) is 9.64 Å². The van der Waals surface area contributed by atoms with Crippen LogP contribution in [-0.2, 0) is 19.1 Å². The molecule has 9 nitrogen and oxygen atoms in total. The van der Waals surface area contributed by atoms with Crippen molar-refractivity contribution in [2.24, 2.45) is 0 Å². The molecule has 200 valence electrons. The number of carbonyl (C=O) groups excluding carboxylic acids is 3. The van der Waals surface area contributed by atoms with Gasteiger partial charge in [0.25, 0.3) is 11.8 Å². The number of carbonyl (C=O) groups is 3. The topological polar surface area (TPSA) is 122 Å². The summed E-state index contributed by atoms with van der Waals surface area (Å²) in [5.74, 6) is -1.17. The molecule has 2 aromatic carbocycles. The van der Waals surface area contributed by atoms with Crippen LogP contribution in [0.15, 0.2) is 42.5 Å². The number of esters is 1. The second-order valence-electron chi connectivity index (χ2n) is 7.86. The second-order valence-corrected chi connectivity index (χ2v) is 9.37. The first-order valence-electron chi connectivity index (χ1n) is 11.1. The van der Waals surface area contributed by atoms with Crippen LogP contribution in [-0.4, -0.2) is 49.0 Å². The lowest BCUT2D eigenvalue weighted by molar-refractivity contribution is -0.143. The lowest BCUT2D eigenvalue weighted by Crippen LogP contribution is -2.46. The number of halogens is 2. The number of benzene rings is 2. The van der Waals surface area contributed by atoms with Gasteiger partial charge < -0.3 is 14.8 Å². The molecule has 38 heavy (non-hydrogen) atoms. The van der Waals surface area contributed by atoms with E-state index in [2.05, 4.69) is 9.69 Å². The van der Waals surface area contributed by atoms with Gasteiger partial charge in [-0.05, 0) is 55.6 Å². The Morgan fingerprint density at radius 3 is 2.26 bits per heavy atom. The van der Waals surface area contributed by atoms with Crippen molar-refractivity contribution in [2.75, 3.05) is 31.0 Å². The van der Waals surface area contributed by atoms with E-state index in [1.54, 1.807) is 31.2 Å². The molecule has 3 aromatic rings. The average Bonchev–Trinajstić information content (AvgIpc) is 3.24. The van der Waals surface area contributed by atoms with Gasteiger partial charge in [-0.15, -0.1) is 0 Å². The van der Waals surface area contributed by atoms with Gasteiger partial charge in [0.05, 0.1) is 24.0 Å². The number of amides is 2. The fourth-order valence-electron chi connectivity index (χ4n) is 3.46. The highest BCUT2D eigenvalue weighted by molar-refractivity contribution is 7.09. The third-order valence-electron chi connectivity index (χ3n) is 5.25. The second kappa shape index (κ2) is 14.4. The molecule has 3 rings (SSSR count). The van der Waals surface area contributed by atoms with E-state index >= 15 is 0 Å². The van der Waals surface area contributed by atoms with Crippen LogP contribution in [0.4, 0.5) is 11.4 Å². The number of ether oxygens (including phenoxy) is 2. The number of aromatic nitrogens is 1. The molecule has 12 heteroatoms. The van der Waals surface area contributed by atoms with E-state index in [1.165, 1.54) is 19.1 Å². The lowest BCUT2D eigenvalue weighted by atomic mass is 10.1. The van der Waals surface area contributed by atoms with Crippen molar-refractivity contribution in [3.8, 4) is 6.07 Å². The smallest absolute Gasteiger partial charge is 0.328 e. The molecule has 0 bridgehead atoms. The Kier molecular flexibility index (Phi) is 11.7. The molecular weight excluding hydrogens is 551 g/mol. The van der Waals surface area contributed by atoms with Crippen molar-refractivity contribution in [3.63, 3.8) is 0 Å². The monoisotopic (exact) mass is 576 g/mol. The Morgan fingerprint density at radius 1 is 1.11 bits per heavy atom. The van der Waals surface area contributed by atoms with Gasteiger partial charge in [-0.1, -0.05) is 53.5 Å². The highest BCUT2D eigenvalue weighted by Gasteiger charge is 2.30. The molecule has 0 saturated carbocycles. The summed E-state index contributed by atoms with van der Waals surface area (Å²) < 4.78 is 13.4. The van der Waals surface area contributed by atoms with Crippen LogP contribution >= 0.6 is 34.7 Å². The van der Waals surface area contributed by atoms with E-state index in [-0.39, 0.29) is 27.6 Å². The summed E-state index contributed by atoms with van der Waals surface area (Å²) in [7, 11) is 2.76. The van der Waals surface area contributed by atoms with Crippen molar-refractivity contribution in [1.29, 1.82) is 5.26 Å². The van der Waals surface area contributed by atoms with E-state index < -0.39 is 17.9 Å². The van der Waals surface area contributed by atoms with Crippen LogP contribution in [0.2, 0.25) is 10.2 Å². The van der Waals surface area contributed by atoms with Gasteiger partial charge in [0.1, 0.15) is 28.6 Å². The third-order valence-corrected chi connectivity index (χ3v) is 7.04. The Hall–Kier alpha value is -3.49. The van der Waals surface area contributed by atoms with Crippen LogP contribution in [0, 0.1) is 25.2 Å². The number of rotatable bonds is 7. The summed E-state index contributed by atoms with van der Waals surface area (Å²) in [5.41, 5.74) is 3.37. The molecule has 0 saturated heterocycles. The molecule has 1 aromatic heterocycles. The fourth-order valence-corrected chi connectivity index (χ4v) is 4.57. The van der Waals surface area contributed by atoms with Crippen molar-refractivity contribution in [3.05, 3.63) is 74.2 Å². The Balaban J connectivity index is 0.000000268. The molecule has 0 spiro atoms. The third kappa shape index (κ3) is 7.52. The zero-order valence-corrected chi connectivity index (χ0v) is 23.7. The fraction of sp³-hybridized carbons (Fsp3) is 0.269. The van der Waals surface area contributed by atoms with Crippen LogP contribution < -0.4 is 10.2 Å². The maximum absolute atomic E-state index is 12.3. The van der Waals surface area contributed by atoms with E-state index in [0.717, 1.165) is 28.3 Å². The summed E-state index contributed by atoms with van der Waals surface area (Å²) in [4.78, 5) is 37.7. The molecule has 0 unspecified atom stereocenters. The number of anilines is 2. The van der Waals surface area contributed by atoms with Gasteiger partial charge >= 0.3 is 5.97 Å². The van der Waals surface area contributed by atoms with Gasteiger partial charge in [-0.3, -0.25) is 14.5 Å². The van der Waals surface area contributed by atoms with Crippen molar-refractivity contribution in [1.82, 2.24) is 4.37 Å². The highest BCUT2D eigenvalue weighted by Crippen LogP contribution is 2.29. The molecule has 0 aliphatic rings. The first-order chi connectivity index (χ1) is 18.1. The minimum Gasteiger partial charge on any atom is -0.467 e. The van der Waals surface area contributed by atoms with Gasteiger partial charge in [-0.25, -0.2) is 4.79 Å². The zero-order chi connectivity index (χ0) is 28.4. The van der Waals surface area contributed by atoms with Crippen molar-refractivity contribution in [2.45, 2.75) is 26.8 Å². The maximum Gasteiger partial charge on any atom is 0.328 e. The molecule has 0 fully saturated rings. The molecule has 0 aliphatic heterocycles. The summed E-state index contributed by atoms with van der Waals surface area (Å²) in [6, 6.07) is 13.7. The Labute approximate surface area is 235 Å². The molecule has 2 amide bonds. The predicted octanol–water partition coefficient (Wildman–Crippen LogP) is 5.42. The number of nitriles is 1. The van der Waals surface area contributed by atoms with Crippen LogP contribution in [0.3, 0.4) is 0 Å². The number of nitrogens with one attached hydrogen (secondary N) is 1. The Morgan fingerprint density at radius 2 is 1.74 bits per heavy atom. The summed E-state index contributed by atoms with van der Waals surface area (Å²) in [6.45, 7) is 5.36. The predicted molar refractivity (Wildman–Crippen MR) is 148 cm³/mol. The number of aryl methyl sites for hydroxylation is 2. The van der Waals surface area contributed by atoms with Crippen molar-refractivity contribution >= 4 is 63.9 Å². The maximum atomic E-state index is 12.3. The van der Waals surface area contributed by atoms with E-state index in [4.69, 9.17) is 37.9 Å². The number of para-hydroxylation sites is 2. The average molecular weight is 577 g/mol. The largest absolute Gasteiger partial charge is 0.467 e. The van der Waals surface area contributed by atoms with Crippen LogP contribution in [0.5, 0.6) is 0 Å². The van der Waals surface area contributed by atoms with Gasteiger partial charge in [0.2, 0.25) is 0 Å². The van der Waals surface area contributed by atoms with Crippen molar-refractivity contribution < 1.29 is 23.9 Å². The Bertz CT molecular complexity index is 1340. The first-order valence-corrected chi connectivity index (χ1v) is 12.7. The van der Waals surface area contributed by atoms with Crippen LogP contribution in [0.1, 0.15) is 33.3 Å². The summed E-state index contributed by atoms with van der Waals surface area (Å²) in [5, 5.41) is 11.7. The van der Waals surface area contributed by atoms with E-state index in [0.29, 0.717) is 11.3 Å². The normalized spacial score (nSPS) is 10.9. The molecular formula is C26H26Cl2N4O5S.